The lowest BCUT2D eigenvalue weighted by molar-refractivity contribution is 0.555. The Morgan fingerprint density at radius 1 is 1.62 bits per heavy atom. The summed E-state index contributed by atoms with van der Waals surface area (Å²) in [5.74, 6) is 0.964. The van der Waals surface area contributed by atoms with Gasteiger partial charge in [-0.25, -0.2) is 0 Å². The molecule has 1 unspecified atom stereocenters. The summed E-state index contributed by atoms with van der Waals surface area (Å²) in [6.45, 7) is 3.43. The smallest absolute Gasteiger partial charge is 0.0701 e. The molecule has 1 aliphatic rings. The number of thiophene rings is 1. The lowest BCUT2D eigenvalue weighted by Gasteiger charge is -2.10. The zero-order chi connectivity index (χ0) is 9.26. The van der Waals surface area contributed by atoms with Crippen LogP contribution in [0, 0.1) is 5.92 Å². The van der Waals surface area contributed by atoms with E-state index in [-0.39, 0.29) is 0 Å². The number of hydrogen-bond donors (Lipinski definition) is 1. The maximum atomic E-state index is 3.56. The van der Waals surface area contributed by atoms with E-state index in [0.29, 0.717) is 6.04 Å². The number of hydrogen-bond acceptors (Lipinski definition) is 2. The van der Waals surface area contributed by atoms with E-state index in [1.807, 2.05) is 11.3 Å². The van der Waals surface area contributed by atoms with E-state index in [1.165, 1.54) is 28.0 Å². The van der Waals surface area contributed by atoms with Gasteiger partial charge in [-0.3, -0.25) is 0 Å². The molecule has 1 fully saturated rings. The SMILES string of the molecule is CC(NCC1CC1)c1ccc(Br)s1. The van der Waals surface area contributed by atoms with Crippen LogP contribution in [0.3, 0.4) is 0 Å². The minimum Gasteiger partial charge on any atom is -0.309 e. The third kappa shape index (κ3) is 2.79. The van der Waals surface area contributed by atoms with Crippen LogP contribution in [-0.4, -0.2) is 6.54 Å². The monoisotopic (exact) mass is 259 g/mol. The summed E-state index contributed by atoms with van der Waals surface area (Å²) in [6, 6.07) is 4.83. The van der Waals surface area contributed by atoms with Gasteiger partial charge in [0.2, 0.25) is 0 Å². The fourth-order valence-electron chi connectivity index (χ4n) is 1.33. The van der Waals surface area contributed by atoms with Crippen LogP contribution < -0.4 is 5.32 Å². The van der Waals surface area contributed by atoms with E-state index in [1.54, 1.807) is 0 Å². The second-order valence-corrected chi connectivity index (χ2v) is 6.21. The molecule has 1 saturated carbocycles. The van der Waals surface area contributed by atoms with E-state index in [0.717, 1.165) is 5.92 Å². The summed E-state index contributed by atoms with van der Waals surface area (Å²) in [7, 11) is 0. The molecule has 0 aliphatic heterocycles. The molecule has 0 aromatic carbocycles. The van der Waals surface area contributed by atoms with Crippen LogP contribution in [0.15, 0.2) is 15.9 Å². The van der Waals surface area contributed by atoms with Crippen molar-refractivity contribution in [2.75, 3.05) is 6.54 Å². The summed E-state index contributed by atoms with van der Waals surface area (Å²) >= 11 is 5.31. The highest BCUT2D eigenvalue weighted by Gasteiger charge is 2.21. The van der Waals surface area contributed by atoms with Crippen molar-refractivity contribution in [2.24, 2.45) is 5.92 Å². The van der Waals surface area contributed by atoms with Gasteiger partial charge in [-0.2, -0.15) is 0 Å². The number of halogens is 1. The largest absolute Gasteiger partial charge is 0.309 e. The van der Waals surface area contributed by atoms with Gasteiger partial charge in [-0.05, 0) is 60.3 Å². The normalized spacial score (nSPS) is 18.9. The van der Waals surface area contributed by atoms with Crippen molar-refractivity contribution in [1.82, 2.24) is 5.32 Å². The molecule has 1 aromatic heterocycles. The Labute approximate surface area is 91.7 Å². The summed E-state index contributed by atoms with van der Waals surface area (Å²) in [6.07, 6.45) is 2.85. The van der Waals surface area contributed by atoms with Gasteiger partial charge in [-0.1, -0.05) is 0 Å². The average molecular weight is 260 g/mol. The van der Waals surface area contributed by atoms with Crippen LogP contribution in [0.2, 0.25) is 0 Å². The van der Waals surface area contributed by atoms with E-state index in [4.69, 9.17) is 0 Å². The van der Waals surface area contributed by atoms with Gasteiger partial charge in [0, 0.05) is 10.9 Å². The van der Waals surface area contributed by atoms with Gasteiger partial charge < -0.3 is 5.32 Å². The lowest BCUT2D eigenvalue weighted by Crippen LogP contribution is -2.20. The van der Waals surface area contributed by atoms with E-state index < -0.39 is 0 Å². The minimum atomic E-state index is 0.511. The van der Waals surface area contributed by atoms with Crippen molar-refractivity contribution in [2.45, 2.75) is 25.8 Å². The number of rotatable bonds is 4. The highest BCUT2D eigenvalue weighted by atomic mass is 79.9. The first-order valence-electron chi connectivity index (χ1n) is 4.74. The third-order valence-electron chi connectivity index (χ3n) is 2.43. The van der Waals surface area contributed by atoms with Crippen molar-refractivity contribution < 1.29 is 0 Å². The predicted molar refractivity (Wildman–Crippen MR) is 61.2 cm³/mol. The van der Waals surface area contributed by atoms with E-state index in [2.05, 4.69) is 40.3 Å². The molecule has 1 N–H and O–H groups in total. The molecule has 0 radical (unpaired) electrons. The first-order chi connectivity index (χ1) is 6.25. The van der Waals surface area contributed by atoms with Crippen molar-refractivity contribution in [3.05, 3.63) is 20.8 Å². The van der Waals surface area contributed by atoms with Crippen LogP contribution in [0.4, 0.5) is 0 Å². The lowest BCUT2D eigenvalue weighted by atomic mass is 10.2. The molecule has 1 aromatic rings. The Balaban J connectivity index is 1.84. The van der Waals surface area contributed by atoms with Gasteiger partial charge in [0.25, 0.3) is 0 Å². The van der Waals surface area contributed by atoms with Gasteiger partial charge in [-0.15, -0.1) is 11.3 Å². The third-order valence-corrected chi connectivity index (χ3v) is 4.24. The summed E-state index contributed by atoms with van der Waals surface area (Å²) in [5.41, 5.74) is 0. The second-order valence-electron chi connectivity index (χ2n) is 3.72. The Kier molecular flexibility index (Phi) is 3.06. The Morgan fingerprint density at radius 3 is 2.92 bits per heavy atom. The Bertz CT molecular complexity index is 280. The van der Waals surface area contributed by atoms with Crippen molar-refractivity contribution in [3.63, 3.8) is 0 Å². The quantitative estimate of drug-likeness (QED) is 0.872. The van der Waals surface area contributed by atoms with Crippen molar-refractivity contribution >= 4 is 27.3 Å². The summed E-state index contributed by atoms with van der Waals surface area (Å²) < 4.78 is 1.22. The predicted octanol–water partition coefficient (Wildman–Crippen LogP) is 3.57. The Hall–Kier alpha value is 0.140. The molecule has 13 heavy (non-hydrogen) atoms. The van der Waals surface area contributed by atoms with Gasteiger partial charge in [0.1, 0.15) is 0 Å². The fourth-order valence-corrected chi connectivity index (χ4v) is 2.78. The summed E-state index contributed by atoms with van der Waals surface area (Å²) in [5, 5.41) is 3.56. The maximum absolute atomic E-state index is 3.56. The molecule has 0 saturated heterocycles. The van der Waals surface area contributed by atoms with Crippen LogP contribution in [0.5, 0.6) is 0 Å². The topological polar surface area (TPSA) is 12.0 Å². The molecule has 3 heteroatoms. The zero-order valence-electron chi connectivity index (χ0n) is 7.72. The summed E-state index contributed by atoms with van der Waals surface area (Å²) in [4.78, 5) is 1.42. The van der Waals surface area contributed by atoms with Gasteiger partial charge >= 0.3 is 0 Å². The molecular weight excluding hydrogens is 246 g/mol. The first kappa shape index (κ1) is 9.69. The molecule has 0 bridgehead atoms. The van der Waals surface area contributed by atoms with Crippen LogP contribution in [0.1, 0.15) is 30.7 Å². The minimum absolute atomic E-state index is 0.511. The first-order valence-corrected chi connectivity index (χ1v) is 6.35. The van der Waals surface area contributed by atoms with E-state index in [9.17, 15) is 0 Å². The van der Waals surface area contributed by atoms with Crippen molar-refractivity contribution in [3.8, 4) is 0 Å². The second kappa shape index (κ2) is 4.11. The molecule has 72 valence electrons. The molecule has 1 heterocycles. The number of nitrogens with one attached hydrogen (secondary N) is 1. The van der Waals surface area contributed by atoms with Crippen LogP contribution in [0.25, 0.3) is 0 Å². The molecule has 1 aliphatic carbocycles. The van der Waals surface area contributed by atoms with E-state index >= 15 is 0 Å². The van der Waals surface area contributed by atoms with Crippen molar-refractivity contribution in [1.29, 1.82) is 0 Å². The zero-order valence-corrected chi connectivity index (χ0v) is 10.1. The average Bonchev–Trinajstić information content (AvgIpc) is 2.84. The van der Waals surface area contributed by atoms with Crippen LogP contribution >= 0.6 is 27.3 Å². The van der Waals surface area contributed by atoms with Crippen LogP contribution in [-0.2, 0) is 0 Å². The molecule has 0 spiro atoms. The fraction of sp³-hybridized carbons (Fsp3) is 0.600. The van der Waals surface area contributed by atoms with Gasteiger partial charge in [0.05, 0.1) is 3.79 Å². The Morgan fingerprint density at radius 2 is 2.38 bits per heavy atom. The highest BCUT2D eigenvalue weighted by molar-refractivity contribution is 9.11. The van der Waals surface area contributed by atoms with Gasteiger partial charge in [0.15, 0.2) is 0 Å². The standard InChI is InChI=1S/C10H14BrNS/c1-7(12-6-8-2-3-8)9-4-5-10(11)13-9/h4-5,7-8,12H,2-3,6H2,1H3. The molecule has 1 atom stereocenters. The maximum Gasteiger partial charge on any atom is 0.0701 e. The molecule has 1 nitrogen and oxygen atoms in total. The molecular formula is C10H14BrNS. The molecule has 0 amide bonds. The molecule has 2 rings (SSSR count). The highest BCUT2D eigenvalue weighted by Crippen LogP contribution is 2.30.